The summed E-state index contributed by atoms with van der Waals surface area (Å²) in [4.78, 5) is 2.03. The lowest BCUT2D eigenvalue weighted by Gasteiger charge is -2.19. The molecule has 0 radical (unpaired) electrons. The Balaban J connectivity index is 1.84. The molecule has 2 rings (SSSR count). The Morgan fingerprint density at radius 1 is 1.23 bits per heavy atom. The van der Waals surface area contributed by atoms with Gasteiger partial charge in [-0.15, -0.1) is 0 Å². The maximum absolute atomic E-state index is 12.0. The van der Waals surface area contributed by atoms with Gasteiger partial charge in [-0.1, -0.05) is 12.1 Å². The smallest absolute Gasteiger partial charge is 0.214 e. The van der Waals surface area contributed by atoms with Crippen LogP contribution in [0.25, 0.3) is 0 Å². The topological polar surface area (TPSA) is 79.3 Å². The van der Waals surface area contributed by atoms with E-state index in [2.05, 4.69) is 0 Å². The minimum Gasteiger partial charge on any atom is -0.488 e. The van der Waals surface area contributed by atoms with E-state index in [1.54, 1.807) is 0 Å². The van der Waals surface area contributed by atoms with Crippen molar-refractivity contribution in [1.82, 2.24) is 9.21 Å². The standard InChI is InChI=1S/C18H30N2O5S/c1-14(2)25-18-8-6-5-7-17(18)24-10-9-20-11-15(16(21)12-20)13-26(22,23)19(3)4/h5-8,14-16,21H,9-13H2,1-4H3/t15-,16+/m0/s1. The van der Waals surface area contributed by atoms with E-state index >= 15 is 0 Å². The molecule has 0 spiro atoms. The minimum absolute atomic E-state index is 0.0381. The Kier molecular flexibility index (Phi) is 7.28. The molecule has 0 amide bonds. The summed E-state index contributed by atoms with van der Waals surface area (Å²) in [7, 11) is -0.294. The van der Waals surface area contributed by atoms with E-state index in [0.717, 1.165) is 0 Å². The van der Waals surface area contributed by atoms with Gasteiger partial charge in [0.05, 0.1) is 18.0 Å². The van der Waals surface area contributed by atoms with Gasteiger partial charge in [0, 0.05) is 39.6 Å². The number of nitrogens with zero attached hydrogens (tertiary/aromatic N) is 2. The third-order valence-corrected chi connectivity index (χ3v) is 6.30. The molecule has 1 aliphatic heterocycles. The molecule has 1 N–H and O–H groups in total. The lowest BCUT2D eigenvalue weighted by atomic mass is 10.1. The maximum Gasteiger partial charge on any atom is 0.214 e. The minimum atomic E-state index is -3.32. The summed E-state index contributed by atoms with van der Waals surface area (Å²) in [6.45, 7) is 5.99. The Labute approximate surface area is 156 Å². The van der Waals surface area contributed by atoms with E-state index in [4.69, 9.17) is 9.47 Å². The van der Waals surface area contributed by atoms with Gasteiger partial charge in [-0.2, -0.15) is 0 Å². The normalized spacial score (nSPS) is 21.5. The molecule has 1 heterocycles. The van der Waals surface area contributed by atoms with Crippen molar-refractivity contribution in [3.8, 4) is 11.5 Å². The van der Waals surface area contributed by atoms with Gasteiger partial charge in [-0.3, -0.25) is 4.90 Å². The second kappa shape index (κ2) is 9.03. The van der Waals surface area contributed by atoms with Crippen LogP contribution in [0, 0.1) is 5.92 Å². The molecule has 1 fully saturated rings. The van der Waals surface area contributed by atoms with Crippen molar-refractivity contribution in [2.45, 2.75) is 26.1 Å². The Bertz CT molecular complexity index is 678. The molecule has 1 aromatic rings. The average molecular weight is 387 g/mol. The molecule has 7 nitrogen and oxygen atoms in total. The van der Waals surface area contributed by atoms with Crippen molar-refractivity contribution in [2.24, 2.45) is 5.92 Å². The lowest BCUT2D eigenvalue weighted by molar-refractivity contribution is 0.145. The molecule has 0 bridgehead atoms. The van der Waals surface area contributed by atoms with Crippen molar-refractivity contribution in [3.05, 3.63) is 24.3 Å². The second-order valence-corrected chi connectivity index (χ2v) is 9.34. The van der Waals surface area contributed by atoms with Crippen LogP contribution in [0.4, 0.5) is 0 Å². The SMILES string of the molecule is CC(C)Oc1ccccc1OCCN1C[C@@H](CS(=O)(=O)N(C)C)[C@H](O)C1. The van der Waals surface area contributed by atoms with Gasteiger partial charge >= 0.3 is 0 Å². The fraction of sp³-hybridized carbons (Fsp3) is 0.667. The predicted molar refractivity (Wildman–Crippen MR) is 101 cm³/mol. The molecule has 1 aromatic carbocycles. The third-order valence-electron chi connectivity index (χ3n) is 4.34. The van der Waals surface area contributed by atoms with Gasteiger partial charge in [0.2, 0.25) is 10.0 Å². The van der Waals surface area contributed by atoms with E-state index < -0.39 is 16.1 Å². The van der Waals surface area contributed by atoms with E-state index in [1.165, 1.54) is 18.4 Å². The summed E-state index contributed by atoms with van der Waals surface area (Å²) in [5.41, 5.74) is 0. The van der Waals surface area contributed by atoms with Crippen LogP contribution in [0.1, 0.15) is 13.8 Å². The first-order valence-electron chi connectivity index (χ1n) is 8.88. The molecule has 26 heavy (non-hydrogen) atoms. The number of aliphatic hydroxyl groups is 1. The highest BCUT2D eigenvalue weighted by Crippen LogP contribution is 2.27. The van der Waals surface area contributed by atoms with Gasteiger partial charge in [0.1, 0.15) is 6.61 Å². The number of likely N-dealkylation sites (tertiary alicyclic amines) is 1. The summed E-state index contributed by atoms with van der Waals surface area (Å²) in [6.07, 6.45) is -0.575. The highest BCUT2D eigenvalue weighted by Gasteiger charge is 2.35. The van der Waals surface area contributed by atoms with Gasteiger partial charge in [-0.05, 0) is 26.0 Å². The molecule has 8 heteroatoms. The summed E-state index contributed by atoms with van der Waals surface area (Å²) in [5, 5.41) is 10.2. The molecule has 1 saturated heterocycles. The molecule has 2 atom stereocenters. The van der Waals surface area contributed by atoms with Crippen molar-refractivity contribution in [3.63, 3.8) is 0 Å². The number of benzene rings is 1. The number of hydrogen-bond acceptors (Lipinski definition) is 6. The zero-order valence-electron chi connectivity index (χ0n) is 16.0. The Morgan fingerprint density at radius 3 is 2.50 bits per heavy atom. The van der Waals surface area contributed by atoms with Crippen LogP contribution in [-0.4, -0.2) is 81.0 Å². The number of hydrogen-bond donors (Lipinski definition) is 1. The molecular formula is C18H30N2O5S. The maximum atomic E-state index is 12.0. The van der Waals surface area contributed by atoms with Crippen molar-refractivity contribution in [1.29, 1.82) is 0 Å². The molecular weight excluding hydrogens is 356 g/mol. The molecule has 0 aromatic heterocycles. The monoisotopic (exact) mass is 386 g/mol. The molecule has 1 aliphatic rings. The van der Waals surface area contributed by atoms with Crippen LogP contribution in [0.3, 0.4) is 0 Å². The van der Waals surface area contributed by atoms with Crippen LogP contribution in [0.5, 0.6) is 11.5 Å². The molecule has 0 unspecified atom stereocenters. The summed E-state index contributed by atoms with van der Waals surface area (Å²) in [5.74, 6) is 1.08. The van der Waals surface area contributed by atoms with Crippen molar-refractivity contribution >= 4 is 10.0 Å². The Hall–Kier alpha value is -1.35. The molecule has 148 valence electrons. The van der Waals surface area contributed by atoms with E-state index in [9.17, 15) is 13.5 Å². The van der Waals surface area contributed by atoms with Crippen molar-refractivity contribution in [2.75, 3.05) is 46.1 Å². The van der Waals surface area contributed by atoms with Gasteiger partial charge < -0.3 is 14.6 Å². The summed E-state index contributed by atoms with van der Waals surface area (Å²) >= 11 is 0. The average Bonchev–Trinajstić information content (AvgIpc) is 2.87. The van der Waals surface area contributed by atoms with Gasteiger partial charge in [0.15, 0.2) is 11.5 Å². The van der Waals surface area contributed by atoms with Crippen LogP contribution in [0.15, 0.2) is 24.3 Å². The Morgan fingerprint density at radius 2 is 1.88 bits per heavy atom. The van der Waals surface area contributed by atoms with Crippen LogP contribution >= 0.6 is 0 Å². The first-order chi connectivity index (χ1) is 12.2. The highest BCUT2D eigenvalue weighted by molar-refractivity contribution is 7.89. The van der Waals surface area contributed by atoms with Gasteiger partial charge in [0.25, 0.3) is 0 Å². The highest BCUT2D eigenvalue weighted by atomic mass is 32.2. The first kappa shape index (κ1) is 21.0. The fourth-order valence-corrected chi connectivity index (χ4v) is 4.08. The number of β-amino-alcohol motifs (C(OH)–C–C–N with tert-alkyl or cyclic N) is 1. The molecule has 0 aliphatic carbocycles. The van der Waals surface area contributed by atoms with Crippen LogP contribution in [0.2, 0.25) is 0 Å². The lowest BCUT2D eigenvalue weighted by Crippen LogP contribution is -2.33. The zero-order chi connectivity index (χ0) is 19.3. The number of ether oxygens (including phenoxy) is 2. The second-order valence-electron chi connectivity index (χ2n) is 7.11. The number of rotatable bonds is 9. The van der Waals surface area contributed by atoms with E-state index in [0.29, 0.717) is 37.7 Å². The number of aliphatic hydroxyl groups excluding tert-OH is 1. The van der Waals surface area contributed by atoms with E-state index in [-0.39, 0.29) is 17.8 Å². The fourth-order valence-electron chi connectivity index (χ4n) is 2.91. The largest absolute Gasteiger partial charge is 0.488 e. The van der Waals surface area contributed by atoms with Crippen LogP contribution in [-0.2, 0) is 10.0 Å². The summed E-state index contributed by atoms with van der Waals surface area (Å²) in [6, 6.07) is 7.53. The summed E-state index contributed by atoms with van der Waals surface area (Å²) < 4.78 is 36.8. The van der Waals surface area contributed by atoms with Gasteiger partial charge in [-0.25, -0.2) is 12.7 Å². The first-order valence-corrected chi connectivity index (χ1v) is 10.5. The van der Waals surface area contributed by atoms with E-state index in [1.807, 2.05) is 43.0 Å². The number of para-hydroxylation sites is 2. The molecule has 0 saturated carbocycles. The predicted octanol–water partition coefficient (Wildman–Crippen LogP) is 1.04. The number of sulfonamides is 1. The zero-order valence-corrected chi connectivity index (χ0v) is 16.8. The third kappa shape index (κ3) is 5.84. The quantitative estimate of drug-likeness (QED) is 0.683. The van der Waals surface area contributed by atoms with Crippen molar-refractivity contribution < 1.29 is 23.0 Å². The van der Waals surface area contributed by atoms with Crippen LogP contribution < -0.4 is 9.47 Å².